The first kappa shape index (κ1) is 64.4. The number of rotatable bonds is 16. The predicted octanol–water partition coefficient (Wildman–Crippen LogP) is 20.2. The van der Waals surface area contributed by atoms with Gasteiger partial charge in [-0.1, -0.05) is 249 Å². The number of para-hydroxylation sites is 4. The first-order valence-electron chi connectivity index (χ1n) is 36.0. The third-order valence-corrected chi connectivity index (χ3v) is 20.3. The van der Waals surface area contributed by atoms with Crippen molar-refractivity contribution >= 4 is 91.0 Å². The minimum atomic E-state index is -0.498. The number of aromatic nitrogens is 6. The van der Waals surface area contributed by atoms with Crippen LogP contribution in [-0.2, 0) is 22.7 Å². The number of benzene rings is 14. The van der Waals surface area contributed by atoms with E-state index in [-0.39, 0.29) is 19.9 Å². The second-order valence-corrected chi connectivity index (χ2v) is 26.9. The topological polar surface area (TPSA) is 128 Å². The Morgan fingerprint density at radius 2 is 0.731 bits per heavy atom. The Balaban J connectivity index is 0.830. The van der Waals surface area contributed by atoms with Gasteiger partial charge in [0.2, 0.25) is 0 Å². The fraction of sp³-hybridized carbons (Fsp3) is 0.0211. The zero-order valence-electron chi connectivity index (χ0n) is 58.3. The molecule has 17 aromatic rings. The fourth-order valence-electron chi connectivity index (χ4n) is 15.3. The summed E-state index contributed by atoms with van der Waals surface area (Å²) in [5.41, 5.74) is 22.9. The molecule has 0 radical (unpaired) electrons. The van der Waals surface area contributed by atoms with Gasteiger partial charge in [-0.15, -0.1) is 0 Å². The van der Waals surface area contributed by atoms with Gasteiger partial charge in [-0.25, -0.2) is 34.5 Å². The van der Waals surface area contributed by atoms with E-state index >= 15 is 0 Å². The Bertz CT molecular complexity index is 6130. The van der Waals surface area contributed by atoms with E-state index in [9.17, 15) is 9.59 Å². The summed E-state index contributed by atoms with van der Waals surface area (Å²) in [7, 11) is 0. The van der Waals surface area contributed by atoms with Gasteiger partial charge in [0, 0.05) is 78.2 Å². The first-order chi connectivity index (χ1) is 53.4. The van der Waals surface area contributed by atoms with Crippen LogP contribution >= 0.6 is 0 Å². The maximum atomic E-state index is 14.3. The smallest absolute Gasteiger partial charge is 0.338 e. The average molecular weight is 1390 g/mol. The number of esters is 2. The van der Waals surface area contributed by atoms with E-state index in [4.69, 9.17) is 34.4 Å². The van der Waals surface area contributed by atoms with Crippen molar-refractivity contribution in [1.29, 1.82) is 0 Å². The lowest BCUT2D eigenvalue weighted by molar-refractivity contribution is 0.0464. The van der Waals surface area contributed by atoms with Crippen LogP contribution in [0.5, 0.6) is 0 Å². The quantitative estimate of drug-likeness (QED) is 0.0677. The van der Waals surface area contributed by atoms with E-state index in [1.54, 1.807) is 12.1 Å². The molecule has 0 spiro atoms. The van der Waals surface area contributed by atoms with Crippen LogP contribution in [0.4, 0.5) is 34.1 Å². The Morgan fingerprint density at radius 1 is 0.306 bits per heavy atom. The summed E-state index contributed by atoms with van der Waals surface area (Å²) in [6.07, 6.45) is 0. The van der Waals surface area contributed by atoms with Gasteiger partial charge in [0.1, 0.15) is 13.2 Å². The summed E-state index contributed by atoms with van der Waals surface area (Å²) in [6, 6.07) is 121. The molecule has 510 valence electrons. The SMILES string of the molecule is O=C(OCc1ccccc1)c1ccc2c(c1)c1cc(C(=O)OCc3ccccc3)ccc1n2-c1ccc(-c2nc(-c3ccccc3)cc(-c3ccccc3)n2)cc1-c1nc(-c2ccccc2)nc(-c2cccc(-c3ccc4c5c3N(c3ccccc3)c3ccccc3B5c3ccccc3N4c3ccccc3)c2)n1. The van der Waals surface area contributed by atoms with Crippen LogP contribution in [0.3, 0.4) is 0 Å². The predicted molar refractivity (Wildman–Crippen MR) is 433 cm³/mol. The standard InChI is InChI=1S/C95H63BN8O4/c105-94(107-60-62-27-8-1-9-28-62)70-48-52-82-75(57-70)76-58-71(95(106)108-61-63-29-10-2-11-30-63)49-53-83(76)104(82)84-51-47-69(91-97-80(64-31-12-3-13-32-64)59-81(98-91)65-33-14-4-15-34-65)56-77(84)93-100-90(66-35-16-5-17-36-66)99-92(101-93)68-38-26-37-67(55-68)74-50-54-87-88-89(74)103(73-41-20-7-21-42-73)86-46-25-23-44-79(86)96(88)78-43-22-24-45-85(78)102(87)72-39-18-6-19-40-72/h1-59H,60-61H2. The van der Waals surface area contributed by atoms with Crippen LogP contribution in [0.25, 0.3) is 107 Å². The van der Waals surface area contributed by atoms with E-state index < -0.39 is 11.9 Å². The molecule has 14 aromatic carbocycles. The summed E-state index contributed by atoms with van der Waals surface area (Å²) in [6.45, 7) is 0.0654. The highest BCUT2D eigenvalue weighted by Crippen LogP contribution is 2.49. The fourth-order valence-corrected chi connectivity index (χ4v) is 15.3. The minimum absolute atomic E-state index is 0.0848. The van der Waals surface area contributed by atoms with Crippen LogP contribution in [0.1, 0.15) is 31.8 Å². The molecule has 0 bridgehead atoms. The molecule has 19 rings (SSSR count). The monoisotopic (exact) mass is 1390 g/mol. The molecule has 2 aliphatic rings. The highest BCUT2D eigenvalue weighted by Gasteiger charge is 2.44. The molecular formula is C95H63BN8O4. The van der Waals surface area contributed by atoms with Gasteiger partial charge in [-0.3, -0.25) is 0 Å². The van der Waals surface area contributed by atoms with Gasteiger partial charge in [0.15, 0.2) is 23.3 Å². The number of carbonyl (C=O) groups excluding carboxylic acids is 2. The van der Waals surface area contributed by atoms with Crippen molar-refractivity contribution in [2.24, 2.45) is 0 Å². The molecule has 0 fully saturated rings. The van der Waals surface area contributed by atoms with E-state index in [1.807, 2.05) is 164 Å². The van der Waals surface area contributed by atoms with Crippen LogP contribution in [-0.4, -0.2) is 48.1 Å². The molecule has 108 heavy (non-hydrogen) atoms. The number of ether oxygens (including phenoxy) is 2. The lowest BCUT2D eigenvalue weighted by Gasteiger charge is -2.45. The third-order valence-electron chi connectivity index (χ3n) is 20.3. The van der Waals surface area contributed by atoms with Crippen LogP contribution in [0.15, 0.2) is 358 Å². The molecule has 12 nitrogen and oxygen atoms in total. The number of carbonyl (C=O) groups is 2. The lowest BCUT2D eigenvalue weighted by Crippen LogP contribution is -2.61. The Kier molecular flexibility index (Phi) is 16.5. The van der Waals surface area contributed by atoms with E-state index in [0.717, 1.165) is 101 Å². The molecule has 0 amide bonds. The summed E-state index contributed by atoms with van der Waals surface area (Å²) in [4.78, 5) is 60.9. The average Bonchev–Trinajstić information content (AvgIpc) is 0.882. The number of hydrogen-bond acceptors (Lipinski definition) is 11. The van der Waals surface area contributed by atoms with Crippen molar-refractivity contribution in [1.82, 2.24) is 29.5 Å². The lowest BCUT2D eigenvalue weighted by atomic mass is 9.33. The molecule has 0 unspecified atom stereocenters. The van der Waals surface area contributed by atoms with E-state index in [2.05, 4.69) is 196 Å². The summed E-state index contributed by atoms with van der Waals surface area (Å²) in [5.74, 6) is 0.726. The second-order valence-electron chi connectivity index (χ2n) is 26.9. The number of nitrogens with zero attached hydrogens (tertiary/aromatic N) is 8. The van der Waals surface area contributed by atoms with Crippen molar-refractivity contribution in [2.75, 3.05) is 9.80 Å². The Morgan fingerprint density at radius 3 is 1.29 bits per heavy atom. The van der Waals surface area contributed by atoms with Gasteiger partial charge >= 0.3 is 11.9 Å². The summed E-state index contributed by atoms with van der Waals surface area (Å²) in [5, 5.41) is 1.38. The normalized spacial score (nSPS) is 12.0. The van der Waals surface area contributed by atoms with Crippen molar-refractivity contribution in [3.05, 3.63) is 380 Å². The molecule has 0 saturated heterocycles. The molecule has 3 aromatic heterocycles. The van der Waals surface area contributed by atoms with Crippen molar-refractivity contribution in [3.63, 3.8) is 0 Å². The largest absolute Gasteiger partial charge is 0.457 e. The van der Waals surface area contributed by atoms with Crippen molar-refractivity contribution in [2.45, 2.75) is 13.2 Å². The van der Waals surface area contributed by atoms with Gasteiger partial charge in [0.05, 0.1) is 44.9 Å². The molecule has 13 heteroatoms. The third kappa shape index (κ3) is 11.9. The Labute approximate surface area is 623 Å². The maximum absolute atomic E-state index is 14.3. The Hall–Kier alpha value is -14.4. The minimum Gasteiger partial charge on any atom is -0.457 e. The van der Waals surface area contributed by atoms with Crippen LogP contribution < -0.4 is 26.2 Å². The number of fused-ring (bicyclic) bond motifs is 7. The van der Waals surface area contributed by atoms with E-state index in [0.29, 0.717) is 62.0 Å². The maximum Gasteiger partial charge on any atom is 0.338 e. The molecule has 0 saturated carbocycles. The van der Waals surface area contributed by atoms with Crippen molar-refractivity contribution in [3.8, 4) is 84.9 Å². The number of anilines is 6. The first-order valence-corrected chi connectivity index (χ1v) is 36.0. The summed E-state index contributed by atoms with van der Waals surface area (Å²) < 4.78 is 14.1. The van der Waals surface area contributed by atoms with Gasteiger partial charge in [-0.05, 0) is 142 Å². The molecular weight excluding hydrogens is 1330 g/mol. The number of hydrogen-bond donors (Lipinski definition) is 0. The van der Waals surface area contributed by atoms with Gasteiger partial charge in [0.25, 0.3) is 6.71 Å². The summed E-state index contributed by atoms with van der Waals surface area (Å²) >= 11 is 0. The van der Waals surface area contributed by atoms with E-state index in [1.165, 1.54) is 16.4 Å². The van der Waals surface area contributed by atoms with Gasteiger partial charge < -0.3 is 23.8 Å². The zero-order valence-corrected chi connectivity index (χ0v) is 58.3. The molecule has 2 aliphatic heterocycles. The van der Waals surface area contributed by atoms with Crippen LogP contribution in [0.2, 0.25) is 0 Å². The molecule has 5 heterocycles. The second kappa shape index (κ2) is 27.6. The van der Waals surface area contributed by atoms with Crippen LogP contribution in [0, 0.1) is 0 Å². The van der Waals surface area contributed by atoms with Crippen molar-refractivity contribution < 1.29 is 19.1 Å². The molecule has 0 atom stereocenters. The highest BCUT2D eigenvalue weighted by molar-refractivity contribution is 7.00. The zero-order chi connectivity index (χ0) is 72.0. The molecule has 0 aliphatic carbocycles. The highest BCUT2D eigenvalue weighted by atomic mass is 16.5. The van der Waals surface area contributed by atoms with Gasteiger partial charge in [-0.2, -0.15) is 0 Å². The molecule has 0 N–H and O–H groups in total.